The molecule has 5 heteroatoms. The molecule has 1 aliphatic heterocycles. The number of rotatable bonds is 2. The van der Waals surface area contributed by atoms with Crippen LogP contribution in [0.15, 0.2) is 47.5 Å². The van der Waals surface area contributed by atoms with Crippen molar-refractivity contribution in [1.29, 1.82) is 0 Å². The van der Waals surface area contributed by atoms with Crippen LogP contribution in [0.1, 0.15) is 18.5 Å². The van der Waals surface area contributed by atoms with Crippen LogP contribution in [0.5, 0.6) is 0 Å². The average Bonchev–Trinajstić information content (AvgIpc) is 2.88. The van der Waals surface area contributed by atoms with E-state index in [0.717, 1.165) is 0 Å². The first-order chi connectivity index (χ1) is 10.7. The number of guanidine groups is 1. The average molecular weight is 297 g/mol. The van der Waals surface area contributed by atoms with Crippen LogP contribution in [-0.4, -0.2) is 37.2 Å². The fourth-order valence-corrected chi connectivity index (χ4v) is 2.68. The van der Waals surface area contributed by atoms with Crippen molar-refractivity contribution in [3.8, 4) is 0 Å². The quantitative estimate of drug-likeness (QED) is 0.927. The van der Waals surface area contributed by atoms with E-state index in [2.05, 4.69) is 40.6 Å². The van der Waals surface area contributed by atoms with Crippen LogP contribution in [-0.2, 0) is 4.74 Å². The Balaban J connectivity index is 1.77. The summed E-state index contributed by atoms with van der Waals surface area (Å²) in [5.41, 5.74) is 1.19. The zero-order valence-electron chi connectivity index (χ0n) is 12.7. The molecule has 2 aromatic carbocycles. The van der Waals surface area contributed by atoms with Crippen LogP contribution in [0.2, 0.25) is 0 Å². The first-order valence-corrected chi connectivity index (χ1v) is 7.39. The van der Waals surface area contributed by atoms with E-state index in [1.807, 2.05) is 24.1 Å². The van der Waals surface area contributed by atoms with E-state index in [1.54, 1.807) is 6.92 Å². The molecule has 2 aromatic rings. The van der Waals surface area contributed by atoms with Crippen LogP contribution in [0.25, 0.3) is 10.8 Å². The van der Waals surface area contributed by atoms with Gasteiger partial charge in [0.25, 0.3) is 0 Å². The first-order valence-electron chi connectivity index (χ1n) is 7.39. The fraction of sp³-hybridized carbons (Fsp3) is 0.294. The smallest absolute Gasteiger partial charge is 0.413 e. The van der Waals surface area contributed by atoms with E-state index >= 15 is 0 Å². The van der Waals surface area contributed by atoms with E-state index < -0.39 is 6.09 Å². The van der Waals surface area contributed by atoms with Gasteiger partial charge >= 0.3 is 6.09 Å². The van der Waals surface area contributed by atoms with Crippen molar-refractivity contribution in [1.82, 2.24) is 10.2 Å². The number of carbonyl (C=O) groups excluding carboxylic acids is 1. The normalized spacial score (nSPS) is 17.5. The topological polar surface area (TPSA) is 53.9 Å². The number of amides is 1. The molecule has 0 bridgehead atoms. The number of nitrogens with one attached hydrogen (secondary N) is 1. The van der Waals surface area contributed by atoms with E-state index in [4.69, 9.17) is 4.74 Å². The monoisotopic (exact) mass is 297 g/mol. The van der Waals surface area contributed by atoms with Gasteiger partial charge in [-0.2, -0.15) is 0 Å². The lowest BCUT2D eigenvalue weighted by molar-refractivity contribution is 0.156. The van der Waals surface area contributed by atoms with E-state index in [0.29, 0.717) is 19.1 Å². The number of alkyl carbamates (subject to hydrolysis) is 1. The van der Waals surface area contributed by atoms with Gasteiger partial charge in [0.2, 0.25) is 5.96 Å². The first kappa shape index (κ1) is 14.4. The lowest BCUT2D eigenvalue weighted by atomic mass is 10.0. The molecule has 0 radical (unpaired) electrons. The standard InChI is InChI=1S/C17H19N3O2/c1-3-22-17(21)19-16-18-11-15(20(16)2)14-9-8-12-6-4-5-7-13(12)10-14/h4-10,15H,3,11H2,1-2H3,(H,18,19,21). The molecule has 3 rings (SSSR count). The number of likely N-dealkylation sites (N-methyl/N-ethyl adjacent to an activating group) is 1. The molecule has 1 aliphatic rings. The van der Waals surface area contributed by atoms with Crippen LogP contribution in [0.3, 0.4) is 0 Å². The van der Waals surface area contributed by atoms with E-state index in [1.165, 1.54) is 16.3 Å². The second-order valence-corrected chi connectivity index (χ2v) is 5.24. The van der Waals surface area contributed by atoms with E-state index in [-0.39, 0.29) is 6.04 Å². The zero-order chi connectivity index (χ0) is 15.5. The van der Waals surface area contributed by atoms with Crippen LogP contribution >= 0.6 is 0 Å². The van der Waals surface area contributed by atoms with Crippen molar-refractivity contribution in [3.63, 3.8) is 0 Å². The Labute approximate surface area is 129 Å². The molecule has 1 unspecified atom stereocenters. The molecule has 114 valence electrons. The number of hydrogen-bond donors (Lipinski definition) is 1. The Kier molecular flexibility index (Phi) is 3.96. The van der Waals surface area contributed by atoms with Gasteiger partial charge in [-0.05, 0) is 29.3 Å². The Morgan fingerprint density at radius 1 is 1.32 bits per heavy atom. The molecule has 1 heterocycles. The third-order valence-corrected chi connectivity index (χ3v) is 3.86. The second kappa shape index (κ2) is 6.05. The highest BCUT2D eigenvalue weighted by atomic mass is 16.5. The summed E-state index contributed by atoms with van der Waals surface area (Å²) in [5, 5.41) is 5.11. The largest absolute Gasteiger partial charge is 0.450 e. The Morgan fingerprint density at radius 2 is 2.09 bits per heavy atom. The van der Waals surface area contributed by atoms with Crippen molar-refractivity contribution < 1.29 is 9.53 Å². The lowest BCUT2D eigenvalue weighted by Crippen LogP contribution is -2.40. The van der Waals surface area contributed by atoms with Crippen molar-refractivity contribution in [3.05, 3.63) is 48.0 Å². The molecule has 0 saturated heterocycles. The zero-order valence-corrected chi connectivity index (χ0v) is 12.7. The molecule has 1 atom stereocenters. The number of ether oxygens (including phenoxy) is 1. The molecule has 1 amide bonds. The number of benzene rings is 2. The highest BCUT2D eigenvalue weighted by Gasteiger charge is 2.27. The van der Waals surface area contributed by atoms with Gasteiger partial charge in [-0.15, -0.1) is 0 Å². The SMILES string of the molecule is CCOC(=O)NC1=NCC(c2ccc3ccccc3c2)N1C. The van der Waals surface area contributed by atoms with Gasteiger partial charge in [-0.25, -0.2) is 4.79 Å². The van der Waals surface area contributed by atoms with Crippen molar-refractivity contribution in [2.45, 2.75) is 13.0 Å². The molecule has 22 heavy (non-hydrogen) atoms. The molecule has 0 aliphatic carbocycles. The molecule has 0 spiro atoms. The molecule has 0 saturated carbocycles. The predicted molar refractivity (Wildman–Crippen MR) is 86.9 cm³/mol. The van der Waals surface area contributed by atoms with Gasteiger partial charge in [0.05, 0.1) is 19.2 Å². The third-order valence-electron chi connectivity index (χ3n) is 3.86. The fourth-order valence-electron chi connectivity index (χ4n) is 2.68. The number of carbonyl (C=O) groups is 1. The van der Waals surface area contributed by atoms with Gasteiger partial charge in [0.15, 0.2) is 0 Å². The highest BCUT2D eigenvalue weighted by molar-refractivity contribution is 5.95. The Morgan fingerprint density at radius 3 is 2.86 bits per heavy atom. The maximum Gasteiger partial charge on any atom is 0.413 e. The minimum absolute atomic E-state index is 0.126. The van der Waals surface area contributed by atoms with E-state index in [9.17, 15) is 4.79 Å². The number of nitrogens with zero attached hydrogens (tertiary/aromatic N) is 2. The molecular weight excluding hydrogens is 278 g/mol. The number of hydrogen-bond acceptors (Lipinski definition) is 4. The molecule has 1 N–H and O–H groups in total. The van der Waals surface area contributed by atoms with Gasteiger partial charge in [0, 0.05) is 7.05 Å². The van der Waals surface area contributed by atoms with Crippen LogP contribution < -0.4 is 5.32 Å². The summed E-state index contributed by atoms with van der Waals surface area (Å²) >= 11 is 0. The van der Waals surface area contributed by atoms with Crippen molar-refractivity contribution in [2.24, 2.45) is 4.99 Å². The second-order valence-electron chi connectivity index (χ2n) is 5.24. The summed E-state index contributed by atoms with van der Waals surface area (Å²) in [4.78, 5) is 17.9. The van der Waals surface area contributed by atoms with Gasteiger partial charge < -0.3 is 9.64 Å². The lowest BCUT2D eigenvalue weighted by Gasteiger charge is -2.23. The number of aliphatic imine (C=N–C) groups is 1. The summed E-state index contributed by atoms with van der Waals surface area (Å²) in [6.45, 7) is 2.74. The minimum Gasteiger partial charge on any atom is -0.450 e. The summed E-state index contributed by atoms with van der Waals surface area (Å²) in [6, 6.07) is 14.8. The van der Waals surface area contributed by atoms with Crippen LogP contribution in [0, 0.1) is 0 Å². The van der Waals surface area contributed by atoms with Gasteiger partial charge in [-0.3, -0.25) is 10.3 Å². The molecule has 5 nitrogen and oxygen atoms in total. The number of fused-ring (bicyclic) bond motifs is 1. The van der Waals surface area contributed by atoms with Gasteiger partial charge in [-0.1, -0.05) is 36.4 Å². The van der Waals surface area contributed by atoms with Crippen molar-refractivity contribution in [2.75, 3.05) is 20.2 Å². The summed E-state index contributed by atoms with van der Waals surface area (Å²) < 4.78 is 4.89. The summed E-state index contributed by atoms with van der Waals surface area (Å²) in [7, 11) is 1.93. The van der Waals surface area contributed by atoms with Crippen molar-refractivity contribution >= 4 is 22.8 Å². The summed E-state index contributed by atoms with van der Waals surface area (Å²) in [5.74, 6) is 0.552. The molecule has 0 aromatic heterocycles. The Bertz CT molecular complexity index is 727. The maximum absolute atomic E-state index is 11.5. The third kappa shape index (κ3) is 2.74. The minimum atomic E-state index is -0.465. The maximum atomic E-state index is 11.5. The molecular formula is C17H19N3O2. The molecule has 0 fully saturated rings. The highest BCUT2D eigenvalue weighted by Crippen LogP contribution is 2.27. The summed E-state index contributed by atoms with van der Waals surface area (Å²) in [6.07, 6.45) is -0.465. The van der Waals surface area contributed by atoms with Gasteiger partial charge in [0.1, 0.15) is 0 Å². The van der Waals surface area contributed by atoms with Crippen LogP contribution in [0.4, 0.5) is 4.79 Å². The Hall–Kier alpha value is -2.56. The predicted octanol–water partition coefficient (Wildman–Crippen LogP) is 2.93.